The molecule has 0 spiro atoms. The SMILES string of the molecule is Cl.O=C1CCC(C(=O)N2CCNCC2c2ccccc2Cl)CN1. The zero-order valence-corrected chi connectivity index (χ0v) is 14.3. The first kappa shape index (κ1) is 18.0. The number of nitrogens with one attached hydrogen (secondary N) is 2. The van der Waals surface area contributed by atoms with Gasteiger partial charge in [0.05, 0.1) is 12.0 Å². The number of carbonyl (C=O) groups is 2. The van der Waals surface area contributed by atoms with Crippen molar-refractivity contribution in [2.45, 2.75) is 18.9 Å². The lowest BCUT2D eigenvalue weighted by atomic mass is 9.95. The van der Waals surface area contributed by atoms with E-state index in [0.29, 0.717) is 37.5 Å². The molecule has 126 valence electrons. The summed E-state index contributed by atoms with van der Waals surface area (Å²) in [5.74, 6) is 0.0271. The number of halogens is 2. The van der Waals surface area contributed by atoms with Crippen LogP contribution in [0.3, 0.4) is 0 Å². The molecule has 2 fully saturated rings. The Hall–Kier alpha value is -1.30. The van der Waals surface area contributed by atoms with E-state index in [1.54, 1.807) is 0 Å². The number of carbonyl (C=O) groups excluding carboxylic acids is 2. The molecule has 2 heterocycles. The average molecular weight is 358 g/mol. The molecule has 2 saturated heterocycles. The van der Waals surface area contributed by atoms with Crippen molar-refractivity contribution in [1.29, 1.82) is 0 Å². The molecule has 0 saturated carbocycles. The maximum absolute atomic E-state index is 12.9. The van der Waals surface area contributed by atoms with Crippen LogP contribution in [0.25, 0.3) is 0 Å². The zero-order valence-electron chi connectivity index (χ0n) is 12.8. The van der Waals surface area contributed by atoms with Crippen LogP contribution in [0.5, 0.6) is 0 Å². The highest BCUT2D eigenvalue weighted by Gasteiger charge is 2.34. The van der Waals surface area contributed by atoms with Gasteiger partial charge in [0.2, 0.25) is 11.8 Å². The van der Waals surface area contributed by atoms with Crippen LogP contribution < -0.4 is 10.6 Å². The molecule has 0 bridgehead atoms. The zero-order chi connectivity index (χ0) is 15.5. The molecule has 23 heavy (non-hydrogen) atoms. The Bertz CT molecular complexity index is 572. The monoisotopic (exact) mass is 357 g/mol. The third-order valence-corrected chi connectivity index (χ3v) is 4.75. The van der Waals surface area contributed by atoms with Crippen LogP contribution in [0.15, 0.2) is 24.3 Å². The van der Waals surface area contributed by atoms with Gasteiger partial charge in [0.1, 0.15) is 0 Å². The molecule has 1 aromatic carbocycles. The fraction of sp³-hybridized carbons (Fsp3) is 0.500. The molecule has 2 aliphatic rings. The molecule has 7 heteroatoms. The van der Waals surface area contributed by atoms with Gasteiger partial charge < -0.3 is 15.5 Å². The highest BCUT2D eigenvalue weighted by Crippen LogP contribution is 2.30. The summed E-state index contributed by atoms with van der Waals surface area (Å²) >= 11 is 6.31. The van der Waals surface area contributed by atoms with E-state index in [9.17, 15) is 9.59 Å². The molecular weight excluding hydrogens is 337 g/mol. The summed E-state index contributed by atoms with van der Waals surface area (Å²) < 4.78 is 0. The van der Waals surface area contributed by atoms with Gasteiger partial charge in [-0.05, 0) is 18.1 Å². The van der Waals surface area contributed by atoms with E-state index in [4.69, 9.17) is 11.6 Å². The molecule has 2 aliphatic heterocycles. The first-order valence-electron chi connectivity index (χ1n) is 7.69. The minimum Gasteiger partial charge on any atom is -0.355 e. The summed E-state index contributed by atoms with van der Waals surface area (Å²) in [7, 11) is 0. The molecule has 0 radical (unpaired) electrons. The lowest BCUT2D eigenvalue weighted by Crippen LogP contribution is -2.52. The average Bonchev–Trinajstić information content (AvgIpc) is 2.55. The first-order chi connectivity index (χ1) is 10.7. The molecule has 2 atom stereocenters. The van der Waals surface area contributed by atoms with Crippen LogP contribution >= 0.6 is 24.0 Å². The molecule has 2 amide bonds. The van der Waals surface area contributed by atoms with Gasteiger partial charge in [-0.1, -0.05) is 29.8 Å². The predicted octanol–water partition coefficient (Wildman–Crippen LogP) is 1.76. The van der Waals surface area contributed by atoms with Crippen molar-refractivity contribution in [3.05, 3.63) is 34.9 Å². The van der Waals surface area contributed by atoms with Gasteiger partial charge in [0.25, 0.3) is 0 Å². The second-order valence-corrected chi connectivity index (χ2v) is 6.22. The fourth-order valence-electron chi connectivity index (χ4n) is 3.17. The Kier molecular flexibility index (Phi) is 6.27. The van der Waals surface area contributed by atoms with Gasteiger partial charge in [0, 0.05) is 37.6 Å². The van der Waals surface area contributed by atoms with E-state index in [2.05, 4.69) is 10.6 Å². The van der Waals surface area contributed by atoms with E-state index < -0.39 is 0 Å². The van der Waals surface area contributed by atoms with E-state index in [0.717, 1.165) is 12.1 Å². The Labute approximate surface area is 147 Å². The normalized spacial score (nSPS) is 24.6. The summed E-state index contributed by atoms with van der Waals surface area (Å²) in [6, 6.07) is 7.62. The van der Waals surface area contributed by atoms with E-state index in [-0.39, 0.29) is 36.2 Å². The maximum Gasteiger partial charge on any atom is 0.228 e. The molecule has 3 rings (SSSR count). The van der Waals surface area contributed by atoms with Gasteiger partial charge in [-0.3, -0.25) is 9.59 Å². The second kappa shape index (κ2) is 7.99. The minimum absolute atomic E-state index is 0. The van der Waals surface area contributed by atoms with Gasteiger partial charge in [-0.2, -0.15) is 0 Å². The molecule has 2 N–H and O–H groups in total. The summed E-state index contributed by atoms with van der Waals surface area (Å²) in [5, 5.41) is 6.81. The smallest absolute Gasteiger partial charge is 0.228 e. The van der Waals surface area contributed by atoms with Crippen molar-refractivity contribution in [1.82, 2.24) is 15.5 Å². The quantitative estimate of drug-likeness (QED) is 0.847. The van der Waals surface area contributed by atoms with Crippen LogP contribution in [-0.2, 0) is 9.59 Å². The van der Waals surface area contributed by atoms with E-state index in [1.165, 1.54) is 0 Å². The molecule has 1 aromatic rings. The Morgan fingerprint density at radius 1 is 1.26 bits per heavy atom. The van der Waals surface area contributed by atoms with Crippen molar-refractivity contribution in [3.63, 3.8) is 0 Å². The number of rotatable bonds is 2. The fourth-order valence-corrected chi connectivity index (χ4v) is 3.43. The summed E-state index contributed by atoms with van der Waals surface area (Å²) in [6.45, 7) is 2.59. The third-order valence-electron chi connectivity index (χ3n) is 4.41. The molecule has 2 unspecified atom stereocenters. The minimum atomic E-state index is -0.124. The number of piperidine rings is 1. The standard InChI is InChI=1S/C16H20ClN3O2.ClH/c17-13-4-2-1-3-12(13)14-10-18-7-8-20(14)16(22)11-5-6-15(21)19-9-11;/h1-4,11,14,18H,5-10H2,(H,19,21);1H. The van der Waals surface area contributed by atoms with Crippen LogP contribution in [0.2, 0.25) is 5.02 Å². The van der Waals surface area contributed by atoms with Crippen molar-refractivity contribution in [2.75, 3.05) is 26.2 Å². The van der Waals surface area contributed by atoms with Gasteiger partial charge in [-0.25, -0.2) is 0 Å². The third kappa shape index (κ3) is 3.97. The Morgan fingerprint density at radius 3 is 2.74 bits per heavy atom. The number of piperazine rings is 1. The molecule has 0 aliphatic carbocycles. The number of benzene rings is 1. The van der Waals surface area contributed by atoms with Crippen molar-refractivity contribution in [2.24, 2.45) is 5.92 Å². The lowest BCUT2D eigenvalue weighted by molar-refractivity contribution is -0.140. The van der Waals surface area contributed by atoms with Crippen LogP contribution in [0.4, 0.5) is 0 Å². The van der Waals surface area contributed by atoms with E-state index in [1.807, 2.05) is 29.2 Å². The number of nitrogens with zero attached hydrogens (tertiary/aromatic N) is 1. The largest absolute Gasteiger partial charge is 0.355 e. The lowest BCUT2D eigenvalue weighted by Gasteiger charge is -2.39. The van der Waals surface area contributed by atoms with Crippen LogP contribution in [0.1, 0.15) is 24.4 Å². The Morgan fingerprint density at radius 2 is 2.04 bits per heavy atom. The topological polar surface area (TPSA) is 61.4 Å². The molecular formula is C16H21Cl2N3O2. The number of hydrogen-bond donors (Lipinski definition) is 2. The van der Waals surface area contributed by atoms with Crippen molar-refractivity contribution >= 4 is 35.8 Å². The van der Waals surface area contributed by atoms with Gasteiger partial charge in [0.15, 0.2) is 0 Å². The van der Waals surface area contributed by atoms with E-state index >= 15 is 0 Å². The van der Waals surface area contributed by atoms with Gasteiger partial charge in [-0.15, -0.1) is 12.4 Å². The summed E-state index contributed by atoms with van der Waals surface area (Å²) in [6.07, 6.45) is 1.06. The number of hydrogen-bond acceptors (Lipinski definition) is 3. The highest BCUT2D eigenvalue weighted by molar-refractivity contribution is 6.31. The van der Waals surface area contributed by atoms with Crippen LogP contribution in [-0.4, -0.2) is 42.9 Å². The molecule has 0 aromatic heterocycles. The summed E-state index contributed by atoms with van der Waals surface area (Å²) in [4.78, 5) is 26.0. The van der Waals surface area contributed by atoms with Gasteiger partial charge >= 0.3 is 0 Å². The van der Waals surface area contributed by atoms with Crippen molar-refractivity contribution < 1.29 is 9.59 Å². The Balaban J connectivity index is 0.00000192. The number of amides is 2. The van der Waals surface area contributed by atoms with Crippen LogP contribution in [0, 0.1) is 5.92 Å². The molecule has 5 nitrogen and oxygen atoms in total. The first-order valence-corrected chi connectivity index (χ1v) is 8.07. The second-order valence-electron chi connectivity index (χ2n) is 5.81. The van der Waals surface area contributed by atoms with Crippen molar-refractivity contribution in [3.8, 4) is 0 Å². The summed E-state index contributed by atoms with van der Waals surface area (Å²) in [5.41, 5.74) is 0.976. The maximum atomic E-state index is 12.9. The highest BCUT2D eigenvalue weighted by atomic mass is 35.5. The predicted molar refractivity (Wildman–Crippen MR) is 91.8 cm³/mol.